The molecule has 0 atom stereocenters. The number of hydrogen-bond donors (Lipinski definition) is 1. The van der Waals surface area contributed by atoms with Crippen molar-refractivity contribution in [2.24, 2.45) is 0 Å². The van der Waals surface area contributed by atoms with Crippen LogP contribution in [0.4, 0.5) is 22.7 Å². The second-order valence-corrected chi connectivity index (χ2v) is 24.0. The Kier molecular flexibility index (Phi) is 9.51. The molecule has 11 aromatic rings. The number of aromatic nitrogens is 1. The van der Waals surface area contributed by atoms with Gasteiger partial charge in [0.15, 0.2) is 0 Å². The minimum Gasteiger partial charge on any atom is -0.456 e. The zero-order valence-electron chi connectivity index (χ0n) is 42.1. The fraction of sp³-hybridized carbons (Fsp3) is 0.182. The van der Waals surface area contributed by atoms with Gasteiger partial charge in [-0.15, -0.1) is 0 Å². The molecule has 0 N–H and O–H groups in total. The molecule has 4 nitrogen and oxygen atoms in total. The lowest BCUT2D eigenvalue weighted by Crippen LogP contribution is -2.38. The highest BCUT2D eigenvalue weighted by molar-refractivity contribution is 8.17. The van der Waals surface area contributed by atoms with Gasteiger partial charge in [-0.05, 0) is 145 Å². The minimum absolute atomic E-state index is 0.110. The third-order valence-corrected chi connectivity index (χ3v) is 17.0. The Balaban J connectivity index is 1.07. The predicted molar refractivity (Wildman–Crippen MR) is 306 cm³/mol. The number of thiol groups is 1. The van der Waals surface area contributed by atoms with Gasteiger partial charge >= 0.3 is 0 Å². The van der Waals surface area contributed by atoms with Gasteiger partial charge in [0.1, 0.15) is 11.2 Å². The van der Waals surface area contributed by atoms with Crippen molar-refractivity contribution in [2.45, 2.75) is 64.8 Å². The van der Waals surface area contributed by atoms with Crippen LogP contribution in [-0.4, -0.2) is 22.6 Å². The Morgan fingerprint density at radius 3 is 1.77 bits per heavy atom. The van der Waals surface area contributed by atoms with E-state index in [1.807, 2.05) is 0 Å². The largest absolute Gasteiger partial charge is 0.456 e. The highest BCUT2D eigenvalue weighted by atomic mass is 32.2. The van der Waals surface area contributed by atoms with Crippen LogP contribution in [0.25, 0.3) is 82.8 Å². The lowest BCUT2D eigenvalue weighted by atomic mass is 9.81. The summed E-state index contributed by atoms with van der Waals surface area (Å²) < 4.78 is 11.7. The van der Waals surface area contributed by atoms with Crippen LogP contribution in [0, 0.1) is 0 Å². The summed E-state index contributed by atoms with van der Waals surface area (Å²) in [6.07, 6.45) is 4.77. The molecule has 2 aromatic heterocycles. The van der Waals surface area contributed by atoms with Gasteiger partial charge in [-0.25, -0.2) is 0 Å². The van der Waals surface area contributed by atoms with E-state index < -0.39 is 11.1 Å². The molecule has 0 saturated carbocycles. The fourth-order valence-electron chi connectivity index (χ4n) is 12.7. The first-order valence-electron chi connectivity index (χ1n) is 25.1. The quantitative estimate of drug-likeness (QED) is 0.161. The Labute approximate surface area is 420 Å². The first kappa shape index (κ1) is 43.5. The second kappa shape index (κ2) is 15.5. The van der Waals surface area contributed by atoms with Gasteiger partial charge in [-0.1, -0.05) is 149 Å². The van der Waals surface area contributed by atoms with E-state index in [0.717, 1.165) is 27.6 Å². The molecule has 0 radical (unpaired) electrons. The molecular weight excluding hydrogens is 883 g/mol. The standard InChI is InChI=1S/C66H59N3OS/c1-64(2,3)68(53-31-19-29-50-60(53)44-24-13-16-27-48(44)65(50,4)5)54-32-20-30-52-62(54)46-37-36-41(39-56(46)67(52)43-22-11-10-12-23-43)42-38-51-61(45-25-14-17-28-49(45)66(51,6)7)57(40-42)69(71(8)9)55-33-21-35-59-63(55)47-26-15-18-34-58(47)70-59/h10-40,71H,1-9H3. The zero-order chi connectivity index (χ0) is 48.7. The molecule has 0 aliphatic heterocycles. The van der Waals surface area contributed by atoms with E-state index in [9.17, 15) is 0 Å². The van der Waals surface area contributed by atoms with Crippen molar-refractivity contribution in [1.29, 1.82) is 0 Å². The molecule has 0 spiro atoms. The number of furan rings is 1. The van der Waals surface area contributed by atoms with Crippen LogP contribution in [0.2, 0.25) is 0 Å². The van der Waals surface area contributed by atoms with Crippen molar-refractivity contribution in [3.05, 3.63) is 210 Å². The van der Waals surface area contributed by atoms with Crippen LogP contribution < -0.4 is 9.21 Å². The van der Waals surface area contributed by atoms with E-state index >= 15 is 0 Å². The van der Waals surface area contributed by atoms with E-state index in [-0.39, 0.29) is 16.4 Å². The summed E-state index contributed by atoms with van der Waals surface area (Å²) in [7, 11) is 0. The van der Waals surface area contributed by atoms with E-state index in [1.165, 1.54) is 100 Å². The summed E-state index contributed by atoms with van der Waals surface area (Å²) in [4.78, 5) is 2.62. The first-order valence-corrected chi connectivity index (χ1v) is 27.2. The third-order valence-electron chi connectivity index (χ3n) is 15.8. The van der Waals surface area contributed by atoms with E-state index in [2.05, 4.69) is 263 Å². The number of para-hydroxylation sites is 2. The summed E-state index contributed by atoms with van der Waals surface area (Å²) >= 11 is -0.690. The Morgan fingerprint density at radius 1 is 0.451 bits per heavy atom. The number of hydrogen-bond acceptors (Lipinski definition) is 3. The maximum atomic E-state index is 6.53. The van der Waals surface area contributed by atoms with Crippen molar-refractivity contribution >= 4 is 77.6 Å². The van der Waals surface area contributed by atoms with Gasteiger partial charge in [-0.3, -0.25) is 0 Å². The molecule has 71 heavy (non-hydrogen) atoms. The highest BCUT2D eigenvalue weighted by Crippen LogP contribution is 2.59. The van der Waals surface area contributed by atoms with Crippen molar-refractivity contribution in [3.63, 3.8) is 0 Å². The van der Waals surface area contributed by atoms with Gasteiger partial charge in [0, 0.05) is 55.0 Å². The Hall–Kier alpha value is -7.47. The topological polar surface area (TPSA) is 24.6 Å². The number of nitrogens with zero attached hydrogens (tertiary/aromatic N) is 3. The summed E-state index contributed by atoms with van der Waals surface area (Å²) in [5.74, 6) is 0. The van der Waals surface area contributed by atoms with Crippen LogP contribution in [0.15, 0.2) is 192 Å². The van der Waals surface area contributed by atoms with Crippen molar-refractivity contribution < 1.29 is 4.42 Å². The zero-order valence-corrected chi connectivity index (χ0v) is 43.0. The van der Waals surface area contributed by atoms with Gasteiger partial charge < -0.3 is 18.2 Å². The van der Waals surface area contributed by atoms with E-state index in [4.69, 9.17) is 4.42 Å². The molecule has 13 rings (SSSR count). The van der Waals surface area contributed by atoms with Crippen LogP contribution in [0.3, 0.4) is 0 Å². The average Bonchev–Trinajstić information content (AvgIpc) is 4.05. The molecule has 0 unspecified atom stereocenters. The first-order chi connectivity index (χ1) is 34.2. The van der Waals surface area contributed by atoms with Crippen LogP contribution in [0.1, 0.15) is 70.7 Å². The molecule has 2 heterocycles. The van der Waals surface area contributed by atoms with Crippen LogP contribution in [0.5, 0.6) is 0 Å². The summed E-state index contributed by atoms with van der Waals surface area (Å²) in [5, 5.41) is 4.77. The molecule has 0 amide bonds. The van der Waals surface area contributed by atoms with Crippen molar-refractivity contribution in [2.75, 3.05) is 21.7 Å². The lowest BCUT2D eigenvalue weighted by Gasteiger charge is -2.40. The number of benzene rings is 9. The summed E-state index contributed by atoms with van der Waals surface area (Å²) in [6, 6.07) is 70.2. The highest BCUT2D eigenvalue weighted by Gasteiger charge is 2.41. The monoisotopic (exact) mass is 941 g/mol. The number of fused-ring (bicyclic) bond motifs is 12. The predicted octanol–water partition coefficient (Wildman–Crippen LogP) is 18.2. The molecule has 0 saturated heterocycles. The van der Waals surface area contributed by atoms with Crippen molar-refractivity contribution in [3.8, 4) is 39.1 Å². The molecule has 9 aromatic carbocycles. The smallest absolute Gasteiger partial charge is 0.137 e. The van der Waals surface area contributed by atoms with Gasteiger partial charge in [0.25, 0.3) is 0 Å². The Morgan fingerprint density at radius 2 is 1.04 bits per heavy atom. The fourth-order valence-corrected chi connectivity index (χ4v) is 13.9. The summed E-state index contributed by atoms with van der Waals surface area (Å²) in [5.41, 5.74) is 22.7. The Bertz CT molecular complexity index is 3980. The summed E-state index contributed by atoms with van der Waals surface area (Å²) in [6.45, 7) is 16.6. The average molecular weight is 942 g/mol. The molecule has 5 heteroatoms. The third kappa shape index (κ3) is 6.31. The lowest BCUT2D eigenvalue weighted by molar-refractivity contribution is 0.561. The van der Waals surface area contributed by atoms with Crippen LogP contribution in [-0.2, 0) is 10.8 Å². The molecule has 2 aliphatic rings. The minimum atomic E-state index is -0.690. The van der Waals surface area contributed by atoms with Gasteiger partial charge in [0.2, 0.25) is 0 Å². The normalized spacial score (nSPS) is 14.5. The van der Waals surface area contributed by atoms with E-state index in [0.29, 0.717) is 0 Å². The number of rotatable bonds is 7. The van der Waals surface area contributed by atoms with Gasteiger partial charge in [-0.2, -0.15) is 11.1 Å². The second-order valence-electron chi connectivity index (χ2n) is 21.9. The molecule has 0 bridgehead atoms. The van der Waals surface area contributed by atoms with Crippen molar-refractivity contribution in [1.82, 2.24) is 4.57 Å². The maximum Gasteiger partial charge on any atom is 0.137 e. The van der Waals surface area contributed by atoms with Gasteiger partial charge in [0.05, 0.1) is 33.5 Å². The van der Waals surface area contributed by atoms with E-state index in [1.54, 1.807) is 0 Å². The molecule has 0 fully saturated rings. The van der Waals surface area contributed by atoms with Crippen LogP contribution >= 0.6 is 11.1 Å². The maximum absolute atomic E-state index is 6.53. The molecule has 2 aliphatic carbocycles. The molecule has 350 valence electrons. The molecular formula is C66H59N3OS. The number of anilines is 4. The SMILES string of the molecule is C[SH](C)N(c1cc(-c2ccc3c4c(N(c5cccc6c5-c5ccccc5C6(C)C)C(C)(C)C)cccc4n(-c4ccccc4)c3c2)cc2c1-c1ccccc1C2(C)C)c1cccc2oc3ccccc3c12.